The summed E-state index contributed by atoms with van der Waals surface area (Å²) in [7, 11) is 1.69. The van der Waals surface area contributed by atoms with Crippen molar-refractivity contribution < 1.29 is 4.74 Å². The average Bonchev–Trinajstić information content (AvgIpc) is 2.38. The Morgan fingerprint density at radius 3 is 2.53 bits per heavy atom. The van der Waals surface area contributed by atoms with E-state index < -0.39 is 0 Å². The smallest absolute Gasteiger partial charge is 0.231 e. The summed E-state index contributed by atoms with van der Waals surface area (Å²) in [5.41, 5.74) is 0. The molecule has 1 heterocycles. The zero-order valence-corrected chi connectivity index (χ0v) is 12.7. The maximum absolute atomic E-state index is 5.93. The zero-order valence-electron chi connectivity index (χ0n) is 12.0. The average molecular weight is 288 g/mol. The first-order valence-corrected chi connectivity index (χ1v) is 6.87. The molecule has 7 heteroatoms. The van der Waals surface area contributed by atoms with Crippen molar-refractivity contribution in [3.63, 3.8) is 0 Å². The quantitative estimate of drug-likeness (QED) is 0.790. The van der Waals surface area contributed by atoms with Crippen LogP contribution in [0.2, 0.25) is 5.28 Å². The van der Waals surface area contributed by atoms with Crippen LogP contribution in [0.15, 0.2) is 0 Å². The fourth-order valence-electron chi connectivity index (χ4n) is 1.68. The minimum Gasteiger partial charge on any atom is -0.384 e. The fraction of sp³-hybridized carbons (Fsp3) is 0.750. The van der Waals surface area contributed by atoms with Crippen molar-refractivity contribution in [3.05, 3.63) is 5.28 Å². The number of hydrogen-bond acceptors (Lipinski definition) is 6. The van der Waals surface area contributed by atoms with Gasteiger partial charge in [-0.25, -0.2) is 0 Å². The van der Waals surface area contributed by atoms with Gasteiger partial charge in [0, 0.05) is 26.7 Å². The van der Waals surface area contributed by atoms with Gasteiger partial charge in [0.2, 0.25) is 17.2 Å². The Bertz CT molecular complexity index is 386. The van der Waals surface area contributed by atoms with Gasteiger partial charge in [-0.2, -0.15) is 15.0 Å². The summed E-state index contributed by atoms with van der Waals surface area (Å²) >= 11 is 5.93. The molecule has 0 aromatic carbocycles. The molecule has 0 radical (unpaired) electrons. The molecule has 0 aliphatic carbocycles. The van der Waals surface area contributed by atoms with Crippen molar-refractivity contribution in [2.24, 2.45) is 5.92 Å². The molecule has 0 amide bonds. The summed E-state index contributed by atoms with van der Waals surface area (Å²) in [6.45, 7) is 9.27. The number of anilines is 2. The maximum atomic E-state index is 5.93. The summed E-state index contributed by atoms with van der Waals surface area (Å²) in [6, 6.07) is 0. The number of aromatic nitrogens is 3. The largest absolute Gasteiger partial charge is 0.384 e. The van der Waals surface area contributed by atoms with Crippen LogP contribution in [-0.2, 0) is 4.74 Å². The summed E-state index contributed by atoms with van der Waals surface area (Å²) in [4.78, 5) is 14.6. The van der Waals surface area contributed by atoms with E-state index in [-0.39, 0.29) is 5.28 Å². The Hall–Kier alpha value is -1.14. The highest BCUT2D eigenvalue weighted by atomic mass is 35.5. The maximum Gasteiger partial charge on any atom is 0.231 e. The molecule has 19 heavy (non-hydrogen) atoms. The predicted molar refractivity (Wildman–Crippen MR) is 77.9 cm³/mol. The van der Waals surface area contributed by atoms with Gasteiger partial charge in [0.15, 0.2) is 0 Å². The van der Waals surface area contributed by atoms with E-state index in [1.807, 2.05) is 4.90 Å². The van der Waals surface area contributed by atoms with E-state index in [1.54, 1.807) is 7.11 Å². The van der Waals surface area contributed by atoms with E-state index >= 15 is 0 Å². The van der Waals surface area contributed by atoms with Gasteiger partial charge in [-0.3, -0.25) is 0 Å². The van der Waals surface area contributed by atoms with Crippen LogP contribution in [0.25, 0.3) is 0 Å². The van der Waals surface area contributed by atoms with Gasteiger partial charge >= 0.3 is 0 Å². The van der Waals surface area contributed by atoms with Crippen LogP contribution >= 0.6 is 11.6 Å². The summed E-state index contributed by atoms with van der Waals surface area (Å²) < 4.78 is 5.09. The van der Waals surface area contributed by atoms with Gasteiger partial charge in [0.25, 0.3) is 0 Å². The Morgan fingerprint density at radius 1 is 1.26 bits per heavy atom. The van der Waals surface area contributed by atoms with Crippen molar-refractivity contribution in [1.82, 2.24) is 15.0 Å². The van der Waals surface area contributed by atoms with Crippen molar-refractivity contribution in [3.8, 4) is 0 Å². The zero-order chi connectivity index (χ0) is 14.3. The summed E-state index contributed by atoms with van der Waals surface area (Å²) in [6.07, 6.45) is 0. The third-order valence-corrected chi connectivity index (χ3v) is 2.87. The predicted octanol–water partition coefficient (Wildman–Crippen LogP) is 2.07. The van der Waals surface area contributed by atoms with Crippen molar-refractivity contribution in [1.29, 1.82) is 0 Å². The molecule has 0 saturated heterocycles. The van der Waals surface area contributed by atoms with E-state index in [0.717, 1.165) is 19.6 Å². The lowest BCUT2D eigenvalue weighted by atomic mass is 10.2. The van der Waals surface area contributed by atoms with Crippen LogP contribution in [0, 0.1) is 5.92 Å². The molecule has 108 valence electrons. The molecule has 1 rings (SSSR count). The molecule has 6 nitrogen and oxygen atoms in total. The molecule has 0 fully saturated rings. The van der Waals surface area contributed by atoms with Crippen LogP contribution in [0.5, 0.6) is 0 Å². The lowest BCUT2D eigenvalue weighted by Crippen LogP contribution is -2.25. The van der Waals surface area contributed by atoms with Crippen LogP contribution in [0.3, 0.4) is 0 Å². The molecular weight excluding hydrogens is 266 g/mol. The number of ether oxygens (including phenoxy) is 1. The van der Waals surface area contributed by atoms with E-state index in [9.17, 15) is 0 Å². The number of halogens is 1. The lowest BCUT2D eigenvalue weighted by Gasteiger charge is -2.19. The van der Waals surface area contributed by atoms with Crippen molar-refractivity contribution in [2.75, 3.05) is 43.6 Å². The van der Waals surface area contributed by atoms with Crippen LogP contribution in [-0.4, -0.2) is 48.3 Å². The van der Waals surface area contributed by atoms with E-state index in [1.165, 1.54) is 0 Å². The number of rotatable bonds is 8. The van der Waals surface area contributed by atoms with Crippen molar-refractivity contribution >= 4 is 23.5 Å². The molecule has 0 aliphatic rings. The van der Waals surface area contributed by atoms with Crippen molar-refractivity contribution in [2.45, 2.75) is 20.8 Å². The second-order valence-electron chi connectivity index (χ2n) is 4.34. The third-order valence-electron chi connectivity index (χ3n) is 2.70. The van der Waals surface area contributed by atoms with E-state index in [2.05, 4.69) is 41.0 Å². The topological polar surface area (TPSA) is 63.2 Å². The molecule has 1 aromatic heterocycles. The normalized spacial score (nSPS) is 12.3. The molecule has 1 unspecified atom stereocenters. The standard InChI is InChI=1S/C12H22ClN5O/c1-5-18(6-2)12-16-10(13)15-11(17-12)14-7-9(3)8-19-4/h9H,5-8H2,1-4H3,(H,14,15,16,17). The van der Waals surface area contributed by atoms with Gasteiger partial charge in [-0.15, -0.1) is 0 Å². The second-order valence-corrected chi connectivity index (χ2v) is 4.68. The summed E-state index contributed by atoms with van der Waals surface area (Å²) in [5.74, 6) is 1.48. The fourth-order valence-corrected chi connectivity index (χ4v) is 1.83. The highest BCUT2D eigenvalue weighted by Crippen LogP contribution is 2.13. The molecular formula is C12H22ClN5O. The first-order valence-electron chi connectivity index (χ1n) is 6.50. The van der Waals surface area contributed by atoms with Crippen LogP contribution in [0.4, 0.5) is 11.9 Å². The number of methoxy groups -OCH3 is 1. The monoisotopic (exact) mass is 287 g/mol. The number of nitrogens with one attached hydrogen (secondary N) is 1. The highest BCUT2D eigenvalue weighted by Gasteiger charge is 2.10. The Balaban J connectivity index is 2.73. The molecule has 1 aromatic rings. The molecule has 0 aliphatic heterocycles. The second kappa shape index (κ2) is 8.12. The Morgan fingerprint density at radius 2 is 1.95 bits per heavy atom. The van der Waals surface area contributed by atoms with Gasteiger partial charge in [-0.1, -0.05) is 6.92 Å². The number of hydrogen-bond donors (Lipinski definition) is 1. The van der Waals surface area contributed by atoms with Gasteiger partial charge in [0.1, 0.15) is 0 Å². The lowest BCUT2D eigenvalue weighted by molar-refractivity contribution is 0.164. The molecule has 0 bridgehead atoms. The number of nitrogens with zero attached hydrogens (tertiary/aromatic N) is 4. The van der Waals surface area contributed by atoms with Crippen LogP contribution in [0.1, 0.15) is 20.8 Å². The SMILES string of the molecule is CCN(CC)c1nc(Cl)nc(NCC(C)COC)n1. The summed E-state index contributed by atoms with van der Waals surface area (Å²) in [5, 5.41) is 3.37. The van der Waals surface area contributed by atoms with E-state index in [0.29, 0.717) is 24.4 Å². The third kappa shape index (κ3) is 5.16. The first kappa shape index (κ1) is 15.9. The Labute approximate surface area is 119 Å². The van der Waals surface area contributed by atoms with E-state index in [4.69, 9.17) is 16.3 Å². The van der Waals surface area contributed by atoms with Gasteiger partial charge in [0.05, 0.1) is 6.61 Å². The molecule has 0 spiro atoms. The van der Waals surface area contributed by atoms with Gasteiger partial charge in [-0.05, 0) is 31.4 Å². The molecule has 1 atom stereocenters. The van der Waals surface area contributed by atoms with Gasteiger partial charge < -0.3 is 15.0 Å². The minimum absolute atomic E-state index is 0.207. The molecule has 0 saturated carbocycles. The highest BCUT2D eigenvalue weighted by molar-refractivity contribution is 6.28. The minimum atomic E-state index is 0.207. The Kier molecular flexibility index (Phi) is 6.80. The van der Waals surface area contributed by atoms with Crippen LogP contribution < -0.4 is 10.2 Å². The molecule has 1 N–H and O–H groups in total. The first-order chi connectivity index (χ1) is 9.10.